The van der Waals surface area contributed by atoms with Crippen molar-refractivity contribution in [3.05, 3.63) is 28.7 Å². The van der Waals surface area contributed by atoms with Crippen molar-refractivity contribution in [3.63, 3.8) is 0 Å². The molecule has 0 aromatic heterocycles. The maximum absolute atomic E-state index is 12.4. The summed E-state index contributed by atoms with van der Waals surface area (Å²) in [5.74, 6) is -0.538. The fraction of sp³-hybridized carbons (Fsp3) is 0.364. The van der Waals surface area contributed by atoms with E-state index < -0.39 is 21.6 Å². The van der Waals surface area contributed by atoms with Gasteiger partial charge in [-0.05, 0) is 18.9 Å². The van der Waals surface area contributed by atoms with E-state index in [-0.39, 0.29) is 22.7 Å². The zero-order valence-corrected chi connectivity index (χ0v) is 12.8. The van der Waals surface area contributed by atoms with Crippen LogP contribution in [0.4, 0.5) is 5.69 Å². The van der Waals surface area contributed by atoms with Gasteiger partial charge in [0.15, 0.2) is 0 Å². The SMILES string of the molecule is O=C1c2ccc([N+](=O)O)cc2S([O-])(O)N1CCCCBr. The number of benzene rings is 1. The molecule has 0 radical (unpaired) electrons. The van der Waals surface area contributed by atoms with Crippen LogP contribution in [-0.2, 0) is 0 Å². The van der Waals surface area contributed by atoms with Crippen LogP contribution in [-0.4, -0.2) is 41.3 Å². The minimum Gasteiger partial charge on any atom is -0.746 e. The molecule has 20 heavy (non-hydrogen) atoms. The Hall–Kier alpha value is -1.16. The second-order valence-corrected chi connectivity index (χ2v) is 6.92. The monoisotopic (exact) mass is 364 g/mol. The summed E-state index contributed by atoms with van der Waals surface area (Å²) in [6.07, 6.45) is 1.36. The van der Waals surface area contributed by atoms with Crippen LogP contribution in [0.2, 0.25) is 0 Å². The molecule has 1 aliphatic heterocycles. The maximum Gasteiger partial charge on any atom is 0.318 e. The fourth-order valence-corrected chi connectivity index (χ4v) is 4.02. The quantitative estimate of drug-likeness (QED) is 0.474. The molecule has 2 N–H and O–H groups in total. The van der Waals surface area contributed by atoms with Crippen LogP contribution in [0.25, 0.3) is 0 Å². The number of hydrogen-bond donors (Lipinski definition) is 2. The van der Waals surface area contributed by atoms with Crippen LogP contribution < -0.4 is 0 Å². The Labute approximate surface area is 125 Å². The fourth-order valence-electron chi connectivity index (χ4n) is 1.97. The number of unbranched alkanes of at least 4 members (excludes halogenated alkanes) is 1. The normalized spacial score (nSPS) is 24.4. The van der Waals surface area contributed by atoms with Gasteiger partial charge in [-0.3, -0.25) is 9.10 Å². The summed E-state index contributed by atoms with van der Waals surface area (Å²) in [5.41, 5.74) is -0.109. The number of carbonyl (C=O) groups is 1. The molecule has 1 aliphatic rings. The van der Waals surface area contributed by atoms with Gasteiger partial charge >= 0.3 is 5.69 Å². The molecule has 0 aliphatic carbocycles. The highest BCUT2D eigenvalue weighted by molar-refractivity contribution is 9.09. The summed E-state index contributed by atoms with van der Waals surface area (Å²) >= 11 is 3.25. The molecule has 0 spiro atoms. The third kappa shape index (κ3) is 2.53. The molecular formula is C11H13BrN2O5S. The lowest BCUT2D eigenvalue weighted by Gasteiger charge is -2.48. The van der Waals surface area contributed by atoms with Crippen LogP contribution in [0.15, 0.2) is 23.1 Å². The molecule has 1 aromatic rings. The molecule has 1 amide bonds. The summed E-state index contributed by atoms with van der Waals surface area (Å²) < 4.78 is 23.4. The lowest BCUT2D eigenvalue weighted by molar-refractivity contribution is -0.729. The number of fused-ring (bicyclic) bond motifs is 1. The van der Waals surface area contributed by atoms with Crippen LogP contribution in [0.5, 0.6) is 0 Å². The van der Waals surface area contributed by atoms with E-state index in [1.807, 2.05) is 0 Å². The number of hydrogen-bond acceptors (Lipinski definition) is 4. The Morgan fingerprint density at radius 1 is 1.40 bits per heavy atom. The number of halogens is 1. The van der Waals surface area contributed by atoms with Crippen molar-refractivity contribution in [1.29, 1.82) is 0 Å². The zero-order valence-electron chi connectivity index (χ0n) is 10.4. The van der Waals surface area contributed by atoms with Gasteiger partial charge in [0.2, 0.25) is 0 Å². The van der Waals surface area contributed by atoms with Crippen molar-refractivity contribution >= 4 is 38.3 Å². The van der Waals surface area contributed by atoms with E-state index in [0.29, 0.717) is 6.42 Å². The smallest absolute Gasteiger partial charge is 0.318 e. The average Bonchev–Trinajstić information content (AvgIpc) is 2.59. The van der Waals surface area contributed by atoms with Gasteiger partial charge in [0.1, 0.15) is 0 Å². The molecular weight excluding hydrogens is 352 g/mol. The van der Waals surface area contributed by atoms with Crippen molar-refractivity contribution in [2.75, 3.05) is 11.9 Å². The first kappa shape index (κ1) is 15.2. The molecule has 1 aromatic carbocycles. The van der Waals surface area contributed by atoms with Crippen LogP contribution in [0.1, 0.15) is 23.2 Å². The number of alkyl halides is 1. The van der Waals surface area contributed by atoms with E-state index in [2.05, 4.69) is 15.9 Å². The van der Waals surface area contributed by atoms with Gasteiger partial charge in [-0.1, -0.05) is 15.9 Å². The minimum absolute atomic E-state index is 0.0851. The number of amides is 1. The summed E-state index contributed by atoms with van der Waals surface area (Å²) in [7, 11) is -3.69. The Morgan fingerprint density at radius 2 is 2.10 bits per heavy atom. The van der Waals surface area contributed by atoms with Gasteiger partial charge < -0.3 is 9.11 Å². The van der Waals surface area contributed by atoms with E-state index in [4.69, 9.17) is 5.21 Å². The predicted octanol–water partition coefficient (Wildman–Crippen LogP) is 2.80. The molecule has 0 saturated carbocycles. The molecule has 9 heteroatoms. The Balaban J connectivity index is 2.35. The highest BCUT2D eigenvalue weighted by atomic mass is 79.9. The predicted molar refractivity (Wildman–Crippen MR) is 74.8 cm³/mol. The van der Waals surface area contributed by atoms with Crippen molar-refractivity contribution in [3.8, 4) is 0 Å². The maximum atomic E-state index is 12.4. The number of nitrogens with zero attached hydrogens (tertiary/aromatic N) is 2. The largest absolute Gasteiger partial charge is 0.746 e. The summed E-state index contributed by atoms with van der Waals surface area (Å²) in [6, 6.07) is 3.56. The van der Waals surface area contributed by atoms with Crippen LogP contribution >= 0.6 is 26.7 Å². The highest BCUT2D eigenvalue weighted by Crippen LogP contribution is 2.58. The molecule has 1 unspecified atom stereocenters. The van der Waals surface area contributed by atoms with Crippen LogP contribution in [0.3, 0.4) is 0 Å². The highest BCUT2D eigenvalue weighted by Gasteiger charge is 2.37. The lowest BCUT2D eigenvalue weighted by atomic mass is 10.2. The molecule has 2 rings (SSSR count). The Kier molecular flexibility index (Phi) is 4.33. The molecule has 0 bridgehead atoms. The average molecular weight is 365 g/mol. The first-order chi connectivity index (χ1) is 9.39. The van der Waals surface area contributed by atoms with Crippen molar-refractivity contribution in [2.45, 2.75) is 17.7 Å². The van der Waals surface area contributed by atoms with Gasteiger partial charge in [0.05, 0.1) is 15.4 Å². The molecule has 0 fully saturated rings. The van der Waals surface area contributed by atoms with E-state index in [0.717, 1.165) is 22.1 Å². The second kappa shape index (κ2) is 5.68. The van der Waals surface area contributed by atoms with Gasteiger partial charge in [-0.15, -0.1) is 0 Å². The van der Waals surface area contributed by atoms with Crippen molar-refractivity contribution < 1.29 is 24.0 Å². The third-order valence-electron chi connectivity index (χ3n) is 2.97. The van der Waals surface area contributed by atoms with E-state index >= 15 is 0 Å². The molecule has 0 saturated heterocycles. The summed E-state index contributed by atoms with van der Waals surface area (Å²) in [4.78, 5) is 22.4. The molecule has 1 heterocycles. The van der Waals surface area contributed by atoms with Gasteiger partial charge in [0, 0.05) is 24.0 Å². The standard InChI is InChI=1S/C11H13BrN2O5S/c12-5-1-2-6-13-11(15)9-4-3-8(14(16)17)7-10(9)20(13,18)19/h3-4,7H,1-2,5-6H2,(H2-,16,17,18,19). The zero-order chi connectivity index (χ0) is 14.9. The summed E-state index contributed by atoms with van der Waals surface area (Å²) in [5, 5.41) is 9.57. The van der Waals surface area contributed by atoms with Crippen LogP contribution in [0, 0.1) is 4.91 Å². The second-order valence-electron chi connectivity index (χ2n) is 4.25. The Morgan fingerprint density at radius 3 is 2.70 bits per heavy atom. The number of rotatable bonds is 5. The number of carbonyl (C=O) groups excluding carboxylic acids is 1. The van der Waals surface area contributed by atoms with Gasteiger partial charge in [-0.25, -0.2) is 16.0 Å². The molecule has 7 nitrogen and oxygen atoms in total. The van der Waals surface area contributed by atoms with Gasteiger partial charge in [-0.2, -0.15) is 0 Å². The molecule has 110 valence electrons. The minimum atomic E-state index is -3.69. The Bertz CT molecular complexity index is 566. The lowest BCUT2D eigenvalue weighted by Crippen LogP contribution is -2.28. The van der Waals surface area contributed by atoms with Gasteiger partial charge in [0.25, 0.3) is 10.8 Å². The van der Waals surface area contributed by atoms with E-state index in [1.54, 1.807) is 0 Å². The van der Waals surface area contributed by atoms with E-state index in [9.17, 15) is 18.8 Å². The third-order valence-corrected chi connectivity index (χ3v) is 5.39. The molecule has 1 atom stereocenters. The van der Waals surface area contributed by atoms with Crippen molar-refractivity contribution in [2.24, 2.45) is 0 Å². The topological polar surface area (TPSA) is 104 Å². The van der Waals surface area contributed by atoms with E-state index in [1.165, 1.54) is 12.1 Å². The van der Waals surface area contributed by atoms with Crippen molar-refractivity contribution in [1.82, 2.24) is 4.31 Å². The summed E-state index contributed by atoms with van der Waals surface area (Å²) in [6.45, 7) is 0.157. The first-order valence-electron chi connectivity index (χ1n) is 5.84. The first-order valence-corrected chi connectivity index (χ1v) is 8.43.